The molecule has 5 rings (SSSR count). The molecule has 0 saturated heterocycles. The van der Waals surface area contributed by atoms with Crippen LogP contribution < -0.4 is 0 Å². The maximum Gasteiger partial charge on any atom is 0.210 e. The Bertz CT molecular complexity index is 1250. The SMILES string of the molecule is CC(Sc1nnc(-c2ccccc2)c(-c2ccccc2)n1)c1nc2ccccc2s1. The van der Waals surface area contributed by atoms with Crippen LogP contribution in [0.15, 0.2) is 90.1 Å². The highest BCUT2D eigenvalue weighted by Crippen LogP contribution is 2.38. The Kier molecular flexibility index (Phi) is 5.26. The molecule has 2 heterocycles. The summed E-state index contributed by atoms with van der Waals surface area (Å²) in [5.74, 6) is 0. The molecular weight excluding hydrogens is 408 g/mol. The second kappa shape index (κ2) is 8.34. The minimum Gasteiger partial charge on any atom is -0.240 e. The van der Waals surface area contributed by atoms with Gasteiger partial charge < -0.3 is 0 Å². The monoisotopic (exact) mass is 426 g/mol. The molecule has 0 aliphatic heterocycles. The van der Waals surface area contributed by atoms with Crippen LogP contribution in [-0.4, -0.2) is 20.2 Å². The molecule has 0 N–H and O–H groups in total. The fourth-order valence-corrected chi connectivity index (χ4v) is 5.11. The summed E-state index contributed by atoms with van der Waals surface area (Å²) in [6.07, 6.45) is 0. The average molecular weight is 427 g/mol. The predicted octanol–water partition coefficient (Wildman–Crippen LogP) is 6.67. The maximum absolute atomic E-state index is 4.90. The number of hydrogen-bond donors (Lipinski definition) is 0. The van der Waals surface area contributed by atoms with E-state index >= 15 is 0 Å². The van der Waals surface area contributed by atoms with Gasteiger partial charge >= 0.3 is 0 Å². The summed E-state index contributed by atoms with van der Waals surface area (Å²) in [6.45, 7) is 2.14. The lowest BCUT2D eigenvalue weighted by Gasteiger charge is -2.11. The van der Waals surface area contributed by atoms with Crippen molar-refractivity contribution in [3.8, 4) is 22.5 Å². The molecule has 1 unspecified atom stereocenters. The van der Waals surface area contributed by atoms with Crippen LogP contribution in [0, 0.1) is 0 Å². The Hall–Kier alpha value is -3.09. The van der Waals surface area contributed by atoms with E-state index in [1.807, 2.05) is 66.7 Å². The minimum atomic E-state index is 0.135. The largest absolute Gasteiger partial charge is 0.240 e. The van der Waals surface area contributed by atoms with Crippen molar-refractivity contribution in [1.82, 2.24) is 20.2 Å². The van der Waals surface area contributed by atoms with Gasteiger partial charge in [-0.05, 0) is 19.1 Å². The van der Waals surface area contributed by atoms with Gasteiger partial charge in [0.1, 0.15) is 16.4 Å². The standard InChI is InChI=1S/C24H18N4S2/c1-16(23-25-19-14-8-9-15-20(19)30-23)29-24-26-21(17-10-4-2-5-11-17)22(27-28-24)18-12-6-3-7-13-18/h2-16H,1H3. The molecule has 0 saturated carbocycles. The summed E-state index contributed by atoms with van der Waals surface area (Å²) in [6, 6.07) is 28.4. The van der Waals surface area contributed by atoms with E-state index < -0.39 is 0 Å². The lowest BCUT2D eigenvalue weighted by molar-refractivity contribution is 0.844. The molecule has 2 aromatic heterocycles. The zero-order valence-electron chi connectivity index (χ0n) is 16.3. The Morgan fingerprint density at radius 1 is 0.700 bits per heavy atom. The van der Waals surface area contributed by atoms with E-state index in [-0.39, 0.29) is 5.25 Å². The van der Waals surface area contributed by atoms with E-state index in [2.05, 4.69) is 35.3 Å². The van der Waals surface area contributed by atoms with Crippen molar-refractivity contribution in [2.45, 2.75) is 17.3 Å². The van der Waals surface area contributed by atoms with E-state index in [1.54, 1.807) is 23.1 Å². The minimum absolute atomic E-state index is 0.135. The van der Waals surface area contributed by atoms with Crippen molar-refractivity contribution in [2.75, 3.05) is 0 Å². The zero-order valence-corrected chi connectivity index (χ0v) is 17.9. The molecule has 1 atom stereocenters. The van der Waals surface area contributed by atoms with Crippen LogP contribution in [0.1, 0.15) is 17.2 Å². The number of aromatic nitrogens is 4. The molecule has 30 heavy (non-hydrogen) atoms. The third kappa shape index (κ3) is 3.84. The van der Waals surface area contributed by atoms with Crippen LogP contribution in [-0.2, 0) is 0 Å². The van der Waals surface area contributed by atoms with Crippen LogP contribution in [0.4, 0.5) is 0 Å². The highest BCUT2D eigenvalue weighted by molar-refractivity contribution is 7.99. The third-order valence-corrected chi connectivity index (χ3v) is 7.03. The first-order chi connectivity index (χ1) is 14.8. The summed E-state index contributed by atoms with van der Waals surface area (Å²) in [4.78, 5) is 9.68. The highest BCUT2D eigenvalue weighted by Gasteiger charge is 2.18. The molecule has 0 amide bonds. The number of nitrogens with zero attached hydrogens (tertiary/aromatic N) is 4. The van der Waals surface area contributed by atoms with Crippen molar-refractivity contribution in [2.24, 2.45) is 0 Å². The van der Waals surface area contributed by atoms with Gasteiger partial charge in [-0.1, -0.05) is 84.6 Å². The Morgan fingerprint density at radius 2 is 1.33 bits per heavy atom. The smallest absolute Gasteiger partial charge is 0.210 e. The number of hydrogen-bond acceptors (Lipinski definition) is 6. The lowest BCUT2D eigenvalue weighted by Crippen LogP contribution is -2.00. The van der Waals surface area contributed by atoms with Crippen molar-refractivity contribution in [3.63, 3.8) is 0 Å². The average Bonchev–Trinajstić information content (AvgIpc) is 3.25. The molecule has 0 aliphatic rings. The quantitative estimate of drug-likeness (QED) is 0.294. The zero-order chi connectivity index (χ0) is 20.3. The molecule has 4 nitrogen and oxygen atoms in total. The van der Waals surface area contributed by atoms with Gasteiger partial charge in [0.2, 0.25) is 5.16 Å². The van der Waals surface area contributed by atoms with E-state index in [9.17, 15) is 0 Å². The van der Waals surface area contributed by atoms with Crippen molar-refractivity contribution in [3.05, 3.63) is 89.9 Å². The van der Waals surface area contributed by atoms with Gasteiger partial charge in [-0.25, -0.2) is 9.97 Å². The fraction of sp³-hybridized carbons (Fsp3) is 0.0833. The second-order valence-corrected chi connectivity index (χ2v) is 9.17. The van der Waals surface area contributed by atoms with Crippen LogP contribution >= 0.6 is 23.1 Å². The first-order valence-electron chi connectivity index (χ1n) is 9.65. The van der Waals surface area contributed by atoms with Crippen LogP contribution in [0.2, 0.25) is 0 Å². The molecule has 0 spiro atoms. The maximum atomic E-state index is 4.90. The van der Waals surface area contributed by atoms with E-state index in [0.717, 1.165) is 33.0 Å². The number of para-hydroxylation sites is 1. The Balaban J connectivity index is 1.51. The molecule has 6 heteroatoms. The summed E-state index contributed by atoms with van der Waals surface area (Å²) in [5.41, 5.74) is 4.70. The number of thiazole rings is 1. The van der Waals surface area contributed by atoms with Gasteiger partial charge in [0.15, 0.2) is 0 Å². The van der Waals surface area contributed by atoms with Gasteiger partial charge in [0, 0.05) is 11.1 Å². The number of benzene rings is 3. The van der Waals surface area contributed by atoms with Crippen LogP contribution in [0.5, 0.6) is 0 Å². The van der Waals surface area contributed by atoms with E-state index in [0.29, 0.717) is 5.16 Å². The molecule has 3 aromatic carbocycles. The molecule has 146 valence electrons. The van der Waals surface area contributed by atoms with Gasteiger partial charge in [-0.3, -0.25) is 0 Å². The molecule has 0 radical (unpaired) electrons. The van der Waals surface area contributed by atoms with Gasteiger partial charge in [-0.15, -0.1) is 21.5 Å². The van der Waals surface area contributed by atoms with Gasteiger partial charge in [-0.2, -0.15) is 0 Å². The Labute approximate surface area is 183 Å². The summed E-state index contributed by atoms with van der Waals surface area (Å²) in [7, 11) is 0. The van der Waals surface area contributed by atoms with Crippen molar-refractivity contribution < 1.29 is 0 Å². The topological polar surface area (TPSA) is 51.6 Å². The predicted molar refractivity (Wildman–Crippen MR) is 125 cm³/mol. The first-order valence-corrected chi connectivity index (χ1v) is 11.4. The van der Waals surface area contributed by atoms with Gasteiger partial charge in [0.25, 0.3) is 0 Å². The number of fused-ring (bicyclic) bond motifs is 1. The Morgan fingerprint density at radius 3 is 2.03 bits per heavy atom. The molecule has 5 aromatic rings. The van der Waals surface area contributed by atoms with E-state index in [1.165, 1.54) is 4.70 Å². The molecule has 0 bridgehead atoms. The lowest BCUT2D eigenvalue weighted by atomic mass is 10.0. The fourth-order valence-electron chi connectivity index (χ4n) is 3.22. The van der Waals surface area contributed by atoms with Crippen LogP contribution in [0.25, 0.3) is 32.7 Å². The third-order valence-electron chi connectivity index (χ3n) is 4.70. The second-order valence-electron chi connectivity index (χ2n) is 6.80. The van der Waals surface area contributed by atoms with Gasteiger partial charge in [0.05, 0.1) is 15.5 Å². The molecule has 0 aliphatic carbocycles. The highest BCUT2D eigenvalue weighted by atomic mass is 32.2. The first kappa shape index (κ1) is 18.9. The molecular formula is C24H18N4S2. The van der Waals surface area contributed by atoms with Crippen LogP contribution in [0.3, 0.4) is 0 Å². The summed E-state index contributed by atoms with van der Waals surface area (Å²) in [5, 5.41) is 10.9. The normalized spacial score (nSPS) is 12.2. The van der Waals surface area contributed by atoms with Crippen molar-refractivity contribution in [1.29, 1.82) is 0 Å². The number of thioether (sulfide) groups is 1. The summed E-state index contributed by atoms with van der Waals surface area (Å²) < 4.78 is 1.20. The van der Waals surface area contributed by atoms with E-state index in [4.69, 9.17) is 9.97 Å². The molecule has 0 fully saturated rings. The number of rotatable bonds is 5. The van der Waals surface area contributed by atoms with Crippen molar-refractivity contribution >= 4 is 33.3 Å². The summed E-state index contributed by atoms with van der Waals surface area (Å²) >= 11 is 3.31.